The number of aryl methyl sites for hydroxylation is 2. The molecule has 2 aromatic heterocycles. The second-order valence-electron chi connectivity index (χ2n) is 5.85. The summed E-state index contributed by atoms with van der Waals surface area (Å²) in [5, 5.41) is 13.5. The fourth-order valence-corrected chi connectivity index (χ4v) is 2.38. The summed E-state index contributed by atoms with van der Waals surface area (Å²) < 4.78 is 7.07. The first-order valence-electron chi connectivity index (χ1n) is 9.02. The normalized spacial score (nSPS) is 11.4. The Bertz CT molecular complexity index is 678. The van der Waals surface area contributed by atoms with Crippen molar-refractivity contribution in [3.63, 3.8) is 0 Å². The standard InChI is InChI=1S/C18H28N6O2/c1-3-19-18(22-10-5-12-24-13-6-11-23-24)21-9-4-8-20-17(25)16-15(2)7-14-26-16/h6-7,11,13-14H,3-5,8-10,12H2,1-2H3,(H,20,25)(H2,19,21,22). The highest BCUT2D eigenvalue weighted by atomic mass is 16.3. The van der Waals surface area contributed by atoms with Crippen molar-refractivity contribution in [2.24, 2.45) is 4.99 Å². The monoisotopic (exact) mass is 360 g/mol. The zero-order valence-corrected chi connectivity index (χ0v) is 15.5. The van der Waals surface area contributed by atoms with Gasteiger partial charge in [0.1, 0.15) is 0 Å². The number of carbonyl (C=O) groups excluding carboxylic acids is 1. The number of furan rings is 1. The number of nitrogens with one attached hydrogen (secondary N) is 3. The molecule has 2 rings (SSSR count). The van der Waals surface area contributed by atoms with Crippen molar-refractivity contribution in [2.45, 2.75) is 33.2 Å². The molecular formula is C18H28N6O2. The molecular weight excluding hydrogens is 332 g/mol. The number of amides is 1. The van der Waals surface area contributed by atoms with Crippen molar-refractivity contribution < 1.29 is 9.21 Å². The number of nitrogens with zero attached hydrogens (tertiary/aromatic N) is 3. The molecule has 0 spiro atoms. The predicted molar refractivity (Wildman–Crippen MR) is 101 cm³/mol. The Labute approximate surface area is 154 Å². The van der Waals surface area contributed by atoms with Gasteiger partial charge in [0.15, 0.2) is 11.7 Å². The Kier molecular flexibility index (Phi) is 8.25. The van der Waals surface area contributed by atoms with Crippen molar-refractivity contribution in [2.75, 3.05) is 26.2 Å². The highest BCUT2D eigenvalue weighted by molar-refractivity contribution is 5.92. The molecule has 8 nitrogen and oxygen atoms in total. The SMILES string of the molecule is CCNC(=NCCCn1cccn1)NCCCNC(=O)c1occc1C. The minimum Gasteiger partial charge on any atom is -0.459 e. The third-order valence-corrected chi connectivity index (χ3v) is 3.72. The minimum atomic E-state index is -0.174. The molecule has 0 unspecified atom stereocenters. The summed E-state index contributed by atoms with van der Waals surface area (Å²) in [5.74, 6) is 0.998. The van der Waals surface area contributed by atoms with E-state index in [2.05, 4.69) is 26.0 Å². The average molecular weight is 360 g/mol. The molecule has 0 saturated carbocycles. The molecule has 1 amide bonds. The number of carbonyl (C=O) groups is 1. The van der Waals surface area contributed by atoms with E-state index in [-0.39, 0.29) is 5.91 Å². The Morgan fingerprint density at radius 1 is 1.27 bits per heavy atom. The molecule has 8 heteroatoms. The van der Waals surface area contributed by atoms with Crippen LogP contribution in [0.3, 0.4) is 0 Å². The third-order valence-electron chi connectivity index (χ3n) is 3.72. The molecule has 3 N–H and O–H groups in total. The van der Waals surface area contributed by atoms with E-state index in [9.17, 15) is 4.79 Å². The van der Waals surface area contributed by atoms with Gasteiger partial charge in [-0.05, 0) is 38.8 Å². The topological polar surface area (TPSA) is 96.5 Å². The Balaban J connectivity index is 1.62. The van der Waals surface area contributed by atoms with Gasteiger partial charge in [-0.15, -0.1) is 0 Å². The maximum atomic E-state index is 11.9. The lowest BCUT2D eigenvalue weighted by Gasteiger charge is -2.11. The molecule has 0 atom stereocenters. The average Bonchev–Trinajstić information content (AvgIpc) is 3.29. The molecule has 142 valence electrons. The predicted octanol–water partition coefficient (Wildman–Crippen LogP) is 1.55. The van der Waals surface area contributed by atoms with E-state index < -0.39 is 0 Å². The van der Waals surface area contributed by atoms with Crippen LogP contribution in [-0.4, -0.2) is 47.8 Å². The van der Waals surface area contributed by atoms with E-state index in [1.54, 1.807) is 12.3 Å². The Hall–Kier alpha value is -2.77. The van der Waals surface area contributed by atoms with Crippen LogP contribution < -0.4 is 16.0 Å². The lowest BCUT2D eigenvalue weighted by molar-refractivity contribution is 0.0925. The fourth-order valence-electron chi connectivity index (χ4n) is 2.38. The number of aromatic nitrogens is 2. The first-order chi connectivity index (χ1) is 12.7. The fraction of sp³-hybridized carbons (Fsp3) is 0.500. The first kappa shape index (κ1) is 19.6. The van der Waals surface area contributed by atoms with Crippen molar-refractivity contribution in [1.82, 2.24) is 25.7 Å². The van der Waals surface area contributed by atoms with Crippen LogP contribution in [-0.2, 0) is 6.54 Å². The van der Waals surface area contributed by atoms with Crippen LogP contribution in [0.4, 0.5) is 0 Å². The molecule has 0 bridgehead atoms. The van der Waals surface area contributed by atoms with Gasteiger partial charge in [-0.3, -0.25) is 14.5 Å². The molecule has 0 saturated heterocycles. The Morgan fingerprint density at radius 3 is 2.81 bits per heavy atom. The molecule has 2 aromatic rings. The smallest absolute Gasteiger partial charge is 0.287 e. The van der Waals surface area contributed by atoms with Crippen molar-refractivity contribution in [1.29, 1.82) is 0 Å². The lowest BCUT2D eigenvalue weighted by atomic mass is 10.2. The molecule has 2 heterocycles. The zero-order chi connectivity index (χ0) is 18.6. The van der Waals surface area contributed by atoms with Gasteiger partial charge in [-0.1, -0.05) is 0 Å². The number of hydrogen-bond donors (Lipinski definition) is 3. The van der Waals surface area contributed by atoms with Crippen molar-refractivity contribution >= 4 is 11.9 Å². The van der Waals surface area contributed by atoms with E-state index in [4.69, 9.17) is 4.42 Å². The first-order valence-corrected chi connectivity index (χ1v) is 9.02. The van der Waals surface area contributed by atoms with Crippen LogP contribution in [0.5, 0.6) is 0 Å². The molecule has 0 radical (unpaired) electrons. The summed E-state index contributed by atoms with van der Waals surface area (Å²) in [6.07, 6.45) is 6.98. The highest BCUT2D eigenvalue weighted by Gasteiger charge is 2.11. The maximum absolute atomic E-state index is 11.9. The number of rotatable bonds is 10. The van der Waals surface area contributed by atoms with Gasteiger partial charge >= 0.3 is 0 Å². The summed E-state index contributed by atoms with van der Waals surface area (Å²) in [5.41, 5.74) is 0.845. The third kappa shape index (κ3) is 6.62. The second kappa shape index (κ2) is 11.0. The van der Waals surface area contributed by atoms with Crippen LogP contribution in [0, 0.1) is 6.92 Å². The van der Waals surface area contributed by atoms with E-state index in [0.29, 0.717) is 12.3 Å². The van der Waals surface area contributed by atoms with Crippen molar-refractivity contribution in [3.05, 3.63) is 42.1 Å². The van der Waals surface area contributed by atoms with E-state index in [0.717, 1.165) is 50.5 Å². The van der Waals surface area contributed by atoms with Gasteiger partial charge in [0.25, 0.3) is 5.91 Å². The number of aliphatic imine (C=N–C) groups is 1. The molecule has 0 aromatic carbocycles. The van der Waals surface area contributed by atoms with Crippen LogP contribution in [0.15, 0.2) is 40.2 Å². The molecule has 0 aliphatic heterocycles. The van der Waals surface area contributed by atoms with E-state index in [1.165, 1.54) is 6.26 Å². The highest BCUT2D eigenvalue weighted by Crippen LogP contribution is 2.07. The molecule has 0 aliphatic carbocycles. The van der Waals surface area contributed by atoms with Crippen LogP contribution in [0.25, 0.3) is 0 Å². The van der Waals surface area contributed by atoms with E-state index >= 15 is 0 Å². The Morgan fingerprint density at radius 2 is 2.12 bits per heavy atom. The van der Waals surface area contributed by atoms with Gasteiger partial charge in [0.05, 0.1) is 6.26 Å². The molecule has 0 aliphatic rings. The summed E-state index contributed by atoms with van der Waals surface area (Å²) >= 11 is 0. The summed E-state index contributed by atoms with van der Waals surface area (Å²) in [6, 6.07) is 3.70. The molecule has 26 heavy (non-hydrogen) atoms. The van der Waals surface area contributed by atoms with Gasteiger partial charge in [-0.25, -0.2) is 0 Å². The van der Waals surface area contributed by atoms with E-state index in [1.807, 2.05) is 30.8 Å². The summed E-state index contributed by atoms with van der Waals surface area (Å²) in [7, 11) is 0. The van der Waals surface area contributed by atoms with Gasteiger partial charge in [0.2, 0.25) is 0 Å². The quantitative estimate of drug-likeness (QED) is 0.339. The van der Waals surface area contributed by atoms with Gasteiger partial charge < -0.3 is 20.4 Å². The maximum Gasteiger partial charge on any atom is 0.287 e. The number of guanidine groups is 1. The van der Waals surface area contributed by atoms with Gasteiger partial charge in [-0.2, -0.15) is 5.10 Å². The van der Waals surface area contributed by atoms with Crippen LogP contribution in [0.2, 0.25) is 0 Å². The van der Waals surface area contributed by atoms with Crippen LogP contribution >= 0.6 is 0 Å². The largest absolute Gasteiger partial charge is 0.459 e. The number of hydrogen-bond acceptors (Lipinski definition) is 4. The van der Waals surface area contributed by atoms with Crippen LogP contribution in [0.1, 0.15) is 35.9 Å². The second-order valence-corrected chi connectivity index (χ2v) is 5.85. The van der Waals surface area contributed by atoms with Gasteiger partial charge in [0, 0.05) is 50.7 Å². The minimum absolute atomic E-state index is 0.174. The zero-order valence-electron chi connectivity index (χ0n) is 15.5. The summed E-state index contributed by atoms with van der Waals surface area (Å²) in [6.45, 7) is 7.57. The van der Waals surface area contributed by atoms with Crippen molar-refractivity contribution in [3.8, 4) is 0 Å². The molecule has 0 fully saturated rings. The lowest BCUT2D eigenvalue weighted by Crippen LogP contribution is -2.39. The summed E-state index contributed by atoms with van der Waals surface area (Å²) in [4.78, 5) is 16.5.